The minimum atomic E-state index is -1.55. The molecule has 2 aliphatic rings. The number of nitrogens with two attached hydrogens (primary N) is 2. The second-order valence-corrected chi connectivity index (χ2v) is 9.94. The lowest BCUT2D eigenvalue weighted by Crippen LogP contribution is -2.56. The van der Waals surface area contributed by atoms with Crippen LogP contribution >= 0.6 is 0 Å². The summed E-state index contributed by atoms with van der Waals surface area (Å²) in [6, 6.07) is 13.7. The van der Waals surface area contributed by atoms with E-state index in [9.17, 15) is 24.3 Å². The molecule has 0 saturated carbocycles. The van der Waals surface area contributed by atoms with Crippen LogP contribution in [0.25, 0.3) is 0 Å². The average Bonchev–Trinajstić information content (AvgIpc) is 3.47. The number of aliphatic imine (C=N–C) groups is 1. The van der Waals surface area contributed by atoms with Crippen molar-refractivity contribution in [2.75, 3.05) is 19.7 Å². The smallest absolute Gasteiger partial charge is 0.417 e. The van der Waals surface area contributed by atoms with Gasteiger partial charge in [-0.2, -0.15) is 0 Å². The highest BCUT2D eigenvalue weighted by molar-refractivity contribution is 6.01. The van der Waals surface area contributed by atoms with Crippen LogP contribution in [0.15, 0.2) is 59.6 Å². The fourth-order valence-corrected chi connectivity index (χ4v) is 5.21. The molecule has 2 aliphatic heterocycles. The summed E-state index contributed by atoms with van der Waals surface area (Å²) in [6.45, 7) is 0.574. The molecule has 218 valence electrons. The number of carbonyl (C=O) groups excluding carboxylic acids is 3. The number of carbonyl (C=O) groups is 4. The molecule has 0 radical (unpaired) electrons. The number of carboxylic acids is 1. The van der Waals surface area contributed by atoms with E-state index in [0.29, 0.717) is 29.9 Å². The maximum absolute atomic E-state index is 14.0. The lowest BCUT2D eigenvalue weighted by atomic mass is 9.96. The Morgan fingerprint density at radius 3 is 2.56 bits per heavy atom. The zero-order valence-electron chi connectivity index (χ0n) is 22.7. The quantitative estimate of drug-likeness (QED) is 0.221. The van der Waals surface area contributed by atoms with Gasteiger partial charge in [0.1, 0.15) is 18.7 Å². The Kier molecular flexibility index (Phi) is 9.91. The van der Waals surface area contributed by atoms with Gasteiger partial charge in [0.25, 0.3) is 11.8 Å². The summed E-state index contributed by atoms with van der Waals surface area (Å²) in [7, 11) is 0. The number of imide groups is 1. The Bertz CT molecular complexity index is 1280. The number of guanidine groups is 1. The normalized spacial score (nSPS) is 18.6. The van der Waals surface area contributed by atoms with Crippen LogP contribution in [-0.2, 0) is 36.9 Å². The second-order valence-electron chi connectivity index (χ2n) is 9.94. The van der Waals surface area contributed by atoms with Gasteiger partial charge in [-0.1, -0.05) is 54.6 Å². The van der Waals surface area contributed by atoms with Crippen LogP contribution in [0.5, 0.6) is 0 Å². The first-order valence-corrected chi connectivity index (χ1v) is 13.6. The third-order valence-electron chi connectivity index (χ3n) is 7.20. The highest BCUT2D eigenvalue weighted by Gasteiger charge is 2.45. The van der Waals surface area contributed by atoms with Crippen molar-refractivity contribution in [3.05, 3.63) is 71.3 Å². The van der Waals surface area contributed by atoms with Crippen molar-refractivity contribution in [3.63, 3.8) is 0 Å². The molecule has 0 spiro atoms. The number of benzene rings is 2. The SMILES string of the molecule is NC(N)=NCCC[C@@H](C(=O)O)N(C(=O)OCc1ccccc1)C(=O)[C@@H]1CCCN1C(=O)C1OCCc2ccccc21. The Hall–Kier alpha value is -4.45. The molecule has 2 aromatic rings. The van der Waals surface area contributed by atoms with Gasteiger partial charge < -0.3 is 30.9 Å². The van der Waals surface area contributed by atoms with Crippen LogP contribution in [0.3, 0.4) is 0 Å². The van der Waals surface area contributed by atoms with E-state index in [1.165, 1.54) is 4.90 Å². The van der Waals surface area contributed by atoms with Crippen LogP contribution < -0.4 is 11.5 Å². The molecular weight excluding hydrogens is 530 g/mol. The molecule has 0 aromatic heterocycles. The molecule has 0 bridgehead atoms. The van der Waals surface area contributed by atoms with Crippen molar-refractivity contribution in [1.29, 1.82) is 0 Å². The number of nitrogens with zero attached hydrogens (tertiary/aromatic N) is 3. The fraction of sp³-hybridized carbons (Fsp3) is 0.414. The van der Waals surface area contributed by atoms with E-state index in [-0.39, 0.29) is 44.9 Å². The molecule has 0 aliphatic carbocycles. The minimum absolute atomic E-state index is 0.111. The molecule has 41 heavy (non-hydrogen) atoms. The molecule has 3 amide bonds. The van der Waals surface area contributed by atoms with Gasteiger partial charge in [0.05, 0.1) is 6.61 Å². The minimum Gasteiger partial charge on any atom is -0.480 e. The third kappa shape index (κ3) is 7.20. The zero-order valence-corrected chi connectivity index (χ0v) is 22.7. The third-order valence-corrected chi connectivity index (χ3v) is 7.20. The number of fused-ring (bicyclic) bond motifs is 1. The van der Waals surface area contributed by atoms with Crippen molar-refractivity contribution in [3.8, 4) is 0 Å². The summed E-state index contributed by atoms with van der Waals surface area (Å²) >= 11 is 0. The molecule has 3 atom stereocenters. The summed E-state index contributed by atoms with van der Waals surface area (Å²) < 4.78 is 11.3. The Labute approximate surface area is 237 Å². The standard InChI is InChI=1S/C29H35N5O7/c30-28(31)32-15-6-12-23(27(37)38)34(29(39)41-18-19-8-2-1-3-9-19)25(35)22-13-7-16-33(22)26(36)24-21-11-5-4-10-20(21)14-17-40-24/h1-5,8-11,22-24H,6-7,12-18H2,(H,37,38)(H4,30,31,32)/t22-,23-,24?/m0/s1. The Balaban J connectivity index is 1.58. The topological polar surface area (TPSA) is 178 Å². The summed E-state index contributed by atoms with van der Waals surface area (Å²) in [5.41, 5.74) is 13.1. The van der Waals surface area contributed by atoms with Gasteiger partial charge in [0.15, 0.2) is 12.1 Å². The molecule has 1 unspecified atom stereocenters. The van der Waals surface area contributed by atoms with Crippen LogP contribution in [0.2, 0.25) is 0 Å². The first kappa shape index (κ1) is 29.5. The van der Waals surface area contributed by atoms with Gasteiger partial charge >= 0.3 is 12.1 Å². The fourth-order valence-electron chi connectivity index (χ4n) is 5.21. The first-order valence-electron chi connectivity index (χ1n) is 13.6. The molecule has 12 heteroatoms. The molecule has 2 heterocycles. The molecule has 4 rings (SSSR count). The molecular formula is C29H35N5O7. The Morgan fingerprint density at radius 1 is 1.10 bits per heavy atom. The lowest BCUT2D eigenvalue weighted by molar-refractivity contribution is -0.155. The maximum atomic E-state index is 14.0. The van der Waals surface area contributed by atoms with E-state index in [1.807, 2.05) is 24.3 Å². The second kappa shape index (κ2) is 13.8. The highest BCUT2D eigenvalue weighted by atomic mass is 16.6. The van der Waals surface area contributed by atoms with E-state index in [4.69, 9.17) is 20.9 Å². The van der Waals surface area contributed by atoms with Gasteiger partial charge in [-0.15, -0.1) is 0 Å². The predicted molar refractivity (Wildman–Crippen MR) is 148 cm³/mol. The predicted octanol–water partition coefficient (Wildman–Crippen LogP) is 1.96. The number of likely N-dealkylation sites (tertiary alicyclic amines) is 1. The number of carboxylic acid groups (broad SMARTS) is 1. The van der Waals surface area contributed by atoms with Crippen molar-refractivity contribution >= 4 is 29.8 Å². The summed E-state index contributed by atoms with van der Waals surface area (Å²) in [5, 5.41) is 10.1. The van der Waals surface area contributed by atoms with E-state index in [1.54, 1.807) is 30.3 Å². The largest absolute Gasteiger partial charge is 0.480 e. The lowest BCUT2D eigenvalue weighted by Gasteiger charge is -2.34. The van der Waals surface area contributed by atoms with Gasteiger partial charge in [0.2, 0.25) is 0 Å². The summed E-state index contributed by atoms with van der Waals surface area (Å²) in [6.07, 6.45) is -0.479. The van der Waals surface area contributed by atoms with Crippen LogP contribution in [0, 0.1) is 0 Å². The van der Waals surface area contributed by atoms with E-state index >= 15 is 0 Å². The van der Waals surface area contributed by atoms with Gasteiger partial charge in [-0.05, 0) is 48.8 Å². The summed E-state index contributed by atoms with van der Waals surface area (Å²) in [4.78, 5) is 59.3. The Morgan fingerprint density at radius 2 is 1.83 bits per heavy atom. The van der Waals surface area contributed by atoms with E-state index in [0.717, 1.165) is 11.1 Å². The molecule has 12 nitrogen and oxygen atoms in total. The monoisotopic (exact) mass is 565 g/mol. The number of rotatable bonds is 10. The molecule has 1 saturated heterocycles. The van der Waals surface area contributed by atoms with Crippen molar-refractivity contribution in [2.24, 2.45) is 16.5 Å². The van der Waals surface area contributed by atoms with Crippen molar-refractivity contribution in [1.82, 2.24) is 9.80 Å². The van der Waals surface area contributed by atoms with Crippen LogP contribution in [0.1, 0.15) is 48.5 Å². The van der Waals surface area contributed by atoms with Gasteiger partial charge in [-0.25, -0.2) is 14.5 Å². The van der Waals surface area contributed by atoms with Crippen molar-refractivity contribution in [2.45, 2.75) is 56.9 Å². The van der Waals surface area contributed by atoms with E-state index < -0.39 is 42.1 Å². The van der Waals surface area contributed by atoms with E-state index in [2.05, 4.69) is 4.99 Å². The number of hydrogen-bond acceptors (Lipinski definition) is 7. The zero-order chi connectivity index (χ0) is 29.4. The van der Waals surface area contributed by atoms with Crippen molar-refractivity contribution < 1.29 is 33.8 Å². The molecule has 2 aromatic carbocycles. The average molecular weight is 566 g/mol. The molecule has 5 N–H and O–H groups in total. The number of aliphatic carboxylic acids is 1. The van der Waals surface area contributed by atoms with Crippen LogP contribution in [-0.4, -0.2) is 76.5 Å². The first-order chi connectivity index (χ1) is 19.8. The highest BCUT2D eigenvalue weighted by Crippen LogP contribution is 2.32. The number of amides is 3. The van der Waals surface area contributed by atoms with Gasteiger partial charge in [-0.3, -0.25) is 14.6 Å². The molecule has 1 fully saturated rings. The van der Waals surface area contributed by atoms with Gasteiger partial charge in [0, 0.05) is 13.1 Å². The van der Waals surface area contributed by atoms with Crippen LogP contribution in [0.4, 0.5) is 4.79 Å². The number of hydrogen-bond donors (Lipinski definition) is 3. The maximum Gasteiger partial charge on any atom is 0.417 e. The summed E-state index contributed by atoms with van der Waals surface area (Å²) in [5.74, 6) is -2.75. The number of ether oxygens (including phenoxy) is 2.